The number of carbonyl (C=O) groups is 2. The molecule has 4 heteroatoms. The Bertz CT molecular complexity index is 277. The highest BCUT2D eigenvalue weighted by molar-refractivity contribution is 5.78. The van der Waals surface area contributed by atoms with Crippen molar-refractivity contribution < 1.29 is 9.59 Å². The molecule has 1 aliphatic rings. The molecular formula is C13H24N2O2. The van der Waals surface area contributed by atoms with E-state index in [-0.39, 0.29) is 17.7 Å². The second-order valence-electron chi connectivity index (χ2n) is 5.10. The molecule has 17 heavy (non-hydrogen) atoms. The van der Waals surface area contributed by atoms with Crippen molar-refractivity contribution in [3.63, 3.8) is 0 Å². The molecule has 0 aromatic carbocycles. The van der Waals surface area contributed by atoms with E-state index in [1.807, 2.05) is 25.7 Å². The Labute approximate surface area is 104 Å². The molecule has 98 valence electrons. The Balaban J connectivity index is 2.35. The number of amides is 2. The number of piperidine rings is 1. The molecule has 0 spiro atoms. The van der Waals surface area contributed by atoms with Crippen LogP contribution in [0, 0.1) is 11.8 Å². The van der Waals surface area contributed by atoms with Gasteiger partial charge in [-0.25, -0.2) is 0 Å². The fraction of sp³-hybridized carbons (Fsp3) is 0.846. The van der Waals surface area contributed by atoms with Gasteiger partial charge in [0.2, 0.25) is 11.8 Å². The van der Waals surface area contributed by atoms with E-state index in [0.29, 0.717) is 18.9 Å². The van der Waals surface area contributed by atoms with Crippen molar-refractivity contribution in [1.82, 2.24) is 10.2 Å². The number of nitrogens with zero attached hydrogens (tertiary/aromatic N) is 1. The number of nitrogens with one attached hydrogen (secondary N) is 1. The Hall–Kier alpha value is -1.06. The van der Waals surface area contributed by atoms with Gasteiger partial charge in [-0.15, -0.1) is 0 Å². The van der Waals surface area contributed by atoms with E-state index >= 15 is 0 Å². The highest BCUT2D eigenvalue weighted by atomic mass is 16.2. The highest BCUT2D eigenvalue weighted by Crippen LogP contribution is 2.16. The van der Waals surface area contributed by atoms with Crippen molar-refractivity contribution in [2.45, 2.75) is 40.0 Å². The second-order valence-corrected chi connectivity index (χ2v) is 5.10. The molecule has 1 fully saturated rings. The van der Waals surface area contributed by atoms with Gasteiger partial charge in [-0.05, 0) is 18.8 Å². The van der Waals surface area contributed by atoms with Gasteiger partial charge in [0, 0.05) is 32.0 Å². The molecule has 0 aliphatic carbocycles. The third kappa shape index (κ3) is 4.36. The van der Waals surface area contributed by atoms with Gasteiger partial charge in [-0.1, -0.05) is 20.8 Å². The van der Waals surface area contributed by atoms with Crippen LogP contribution in [0.4, 0.5) is 0 Å². The van der Waals surface area contributed by atoms with Gasteiger partial charge in [-0.2, -0.15) is 0 Å². The predicted octanol–water partition coefficient (Wildman–Crippen LogP) is 1.41. The van der Waals surface area contributed by atoms with Gasteiger partial charge in [0.05, 0.1) is 0 Å². The van der Waals surface area contributed by atoms with Crippen LogP contribution in [0.2, 0.25) is 0 Å². The van der Waals surface area contributed by atoms with Crippen LogP contribution < -0.4 is 5.32 Å². The molecule has 0 aromatic rings. The van der Waals surface area contributed by atoms with E-state index < -0.39 is 0 Å². The van der Waals surface area contributed by atoms with Crippen LogP contribution in [0.5, 0.6) is 0 Å². The fourth-order valence-electron chi connectivity index (χ4n) is 2.13. The maximum Gasteiger partial charge on any atom is 0.222 e. The second kappa shape index (κ2) is 6.62. The summed E-state index contributed by atoms with van der Waals surface area (Å²) in [5, 5.41) is 2.95. The summed E-state index contributed by atoms with van der Waals surface area (Å²) < 4.78 is 0. The Kier molecular flexibility index (Phi) is 5.45. The third-order valence-electron chi connectivity index (χ3n) is 3.26. The molecule has 0 aromatic heterocycles. The van der Waals surface area contributed by atoms with Crippen LogP contribution >= 0.6 is 0 Å². The van der Waals surface area contributed by atoms with E-state index in [9.17, 15) is 9.59 Å². The lowest BCUT2D eigenvalue weighted by Crippen LogP contribution is -2.44. The summed E-state index contributed by atoms with van der Waals surface area (Å²) in [6.07, 6.45) is 2.73. The molecule has 0 saturated carbocycles. The largest absolute Gasteiger partial charge is 0.356 e. The summed E-state index contributed by atoms with van der Waals surface area (Å²) in [5.41, 5.74) is 0. The molecule has 0 radical (unpaired) electrons. The summed E-state index contributed by atoms with van der Waals surface area (Å²) in [5.74, 6) is 0.780. The van der Waals surface area contributed by atoms with Crippen molar-refractivity contribution in [2.24, 2.45) is 11.8 Å². The van der Waals surface area contributed by atoms with Crippen LogP contribution in [0.3, 0.4) is 0 Å². The van der Waals surface area contributed by atoms with Gasteiger partial charge in [-0.3, -0.25) is 9.59 Å². The van der Waals surface area contributed by atoms with E-state index in [2.05, 4.69) is 5.32 Å². The van der Waals surface area contributed by atoms with Gasteiger partial charge in [0.1, 0.15) is 0 Å². The highest BCUT2D eigenvalue weighted by Gasteiger charge is 2.23. The zero-order chi connectivity index (χ0) is 12.8. The lowest BCUT2D eigenvalue weighted by molar-refractivity contribution is -0.132. The number of hydrogen-bond acceptors (Lipinski definition) is 2. The van der Waals surface area contributed by atoms with Crippen molar-refractivity contribution in [1.29, 1.82) is 0 Å². The normalized spacial score (nSPS) is 20.5. The average molecular weight is 240 g/mol. The molecule has 1 N–H and O–H groups in total. The van der Waals surface area contributed by atoms with Crippen molar-refractivity contribution >= 4 is 11.8 Å². The molecular weight excluding hydrogens is 216 g/mol. The summed E-state index contributed by atoms with van der Waals surface area (Å²) in [7, 11) is 0. The van der Waals surface area contributed by atoms with E-state index in [1.165, 1.54) is 0 Å². The summed E-state index contributed by atoms with van der Waals surface area (Å²) in [6, 6.07) is 0. The molecule has 1 saturated heterocycles. The molecule has 1 aliphatic heterocycles. The first-order chi connectivity index (χ1) is 8.04. The van der Waals surface area contributed by atoms with Crippen LogP contribution in [0.1, 0.15) is 40.0 Å². The molecule has 1 rings (SSSR count). The maximum atomic E-state index is 11.6. The van der Waals surface area contributed by atoms with Crippen LogP contribution in [0.15, 0.2) is 0 Å². The van der Waals surface area contributed by atoms with Gasteiger partial charge >= 0.3 is 0 Å². The minimum Gasteiger partial charge on any atom is -0.356 e. The SMILES string of the molecule is CCC(=O)N1CCC[C@H](CNC(=O)C(C)C)C1. The average Bonchev–Trinajstić information content (AvgIpc) is 2.35. The standard InChI is InChI=1S/C13H24N2O2/c1-4-12(16)15-7-5-6-11(9-15)8-14-13(17)10(2)3/h10-11H,4-9H2,1-3H3,(H,14,17)/t11-/m1/s1. The van der Waals surface area contributed by atoms with Crippen LogP contribution in [-0.4, -0.2) is 36.3 Å². The lowest BCUT2D eigenvalue weighted by atomic mass is 9.97. The summed E-state index contributed by atoms with van der Waals surface area (Å²) >= 11 is 0. The zero-order valence-electron chi connectivity index (χ0n) is 11.2. The lowest BCUT2D eigenvalue weighted by Gasteiger charge is -2.32. The van der Waals surface area contributed by atoms with Gasteiger partial charge in [0.25, 0.3) is 0 Å². The van der Waals surface area contributed by atoms with E-state index in [0.717, 1.165) is 25.9 Å². The quantitative estimate of drug-likeness (QED) is 0.807. The molecule has 0 unspecified atom stereocenters. The molecule has 4 nitrogen and oxygen atoms in total. The first-order valence-electron chi connectivity index (χ1n) is 6.60. The van der Waals surface area contributed by atoms with Crippen molar-refractivity contribution in [3.8, 4) is 0 Å². The topological polar surface area (TPSA) is 49.4 Å². The number of rotatable bonds is 4. The molecule has 1 atom stereocenters. The Morgan fingerprint density at radius 3 is 2.71 bits per heavy atom. The van der Waals surface area contributed by atoms with Crippen molar-refractivity contribution in [2.75, 3.05) is 19.6 Å². The number of hydrogen-bond donors (Lipinski definition) is 1. The zero-order valence-corrected chi connectivity index (χ0v) is 11.2. The van der Waals surface area contributed by atoms with E-state index in [1.54, 1.807) is 0 Å². The Morgan fingerprint density at radius 1 is 1.41 bits per heavy atom. The van der Waals surface area contributed by atoms with Crippen molar-refractivity contribution in [3.05, 3.63) is 0 Å². The molecule has 1 heterocycles. The number of likely N-dealkylation sites (tertiary alicyclic amines) is 1. The van der Waals surface area contributed by atoms with Crippen LogP contribution in [0.25, 0.3) is 0 Å². The first kappa shape index (κ1) is 14.0. The smallest absolute Gasteiger partial charge is 0.222 e. The van der Waals surface area contributed by atoms with Gasteiger partial charge < -0.3 is 10.2 Å². The van der Waals surface area contributed by atoms with Crippen LogP contribution in [-0.2, 0) is 9.59 Å². The minimum absolute atomic E-state index is 0.0342. The maximum absolute atomic E-state index is 11.6. The van der Waals surface area contributed by atoms with Gasteiger partial charge in [0.15, 0.2) is 0 Å². The monoisotopic (exact) mass is 240 g/mol. The Morgan fingerprint density at radius 2 is 2.12 bits per heavy atom. The van der Waals surface area contributed by atoms with E-state index in [4.69, 9.17) is 0 Å². The summed E-state index contributed by atoms with van der Waals surface area (Å²) in [4.78, 5) is 25.0. The molecule has 2 amide bonds. The first-order valence-corrected chi connectivity index (χ1v) is 6.60. The fourth-order valence-corrected chi connectivity index (χ4v) is 2.13. The summed E-state index contributed by atoms with van der Waals surface area (Å²) in [6.45, 7) is 8.05. The predicted molar refractivity (Wildman–Crippen MR) is 67.4 cm³/mol. The third-order valence-corrected chi connectivity index (χ3v) is 3.26. The minimum atomic E-state index is 0.0342. The molecule has 0 bridgehead atoms. The number of carbonyl (C=O) groups excluding carboxylic acids is 2.